The molecule has 0 aliphatic carbocycles. The summed E-state index contributed by atoms with van der Waals surface area (Å²) in [6.07, 6.45) is 0.940. The summed E-state index contributed by atoms with van der Waals surface area (Å²) in [5, 5.41) is 0. The highest BCUT2D eigenvalue weighted by Gasteiger charge is 2.34. The van der Waals surface area contributed by atoms with Crippen LogP contribution in [0.15, 0.2) is 12.7 Å². The van der Waals surface area contributed by atoms with Crippen LogP contribution in [0.2, 0.25) is 0 Å². The molecule has 0 N–H and O–H groups in total. The van der Waals surface area contributed by atoms with E-state index in [9.17, 15) is 4.79 Å². The third-order valence-electron chi connectivity index (χ3n) is 1.22. The first-order chi connectivity index (χ1) is 4.16. The van der Waals surface area contributed by atoms with Gasteiger partial charge in [0.15, 0.2) is 5.60 Å². The predicted octanol–water partition coefficient (Wildman–Crippen LogP) is 1.10. The molecule has 1 aliphatic heterocycles. The van der Waals surface area contributed by atoms with E-state index >= 15 is 0 Å². The van der Waals surface area contributed by atoms with Gasteiger partial charge < -0.3 is 9.47 Å². The molecule has 1 atom stereocenters. The van der Waals surface area contributed by atoms with Gasteiger partial charge in [0.05, 0.1) is 0 Å². The molecule has 3 nitrogen and oxygen atoms in total. The summed E-state index contributed by atoms with van der Waals surface area (Å²) in [6.45, 7) is 5.51. The van der Waals surface area contributed by atoms with Gasteiger partial charge in [-0.05, 0) is 13.0 Å². The van der Waals surface area contributed by atoms with Gasteiger partial charge in [-0.15, -0.1) is 0 Å². The quantitative estimate of drug-likeness (QED) is 0.392. The number of carbonyl (C=O) groups is 1. The summed E-state index contributed by atoms with van der Waals surface area (Å²) in [5.41, 5.74) is -0.600. The molecule has 3 heteroatoms. The molecule has 0 aromatic heterocycles. The van der Waals surface area contributed by atoms with E-state index in [1.54, 1.807) is 13.0 Å². The third kappa shape index (κ3) is 1.04. The van der Waals surface area contributed by atoms with Crippen molar-refractivity contribution in [1.29, 1.82) is 0 Å². The molecule has 0 aromatic carbocycles. The zero-order valence-electron chi connectivity index (χ0n) is 5.22. The molecule has 0 radical (unpaired) electrons. The van der Waals surface area contributed by atoms with Crippen molar-refractivity contribution in [3.63, 3.8) is 0 Å². The van der Waals surface area contributed by atoms with Gasteiger partial charge in [0.2, 0.25) is 0 Å². The van der Waals surface area contributed by atoms with Crippen molar-refractivity contribution in [2.45, 2.75) is 12.5 Å². The van der Waals surface area contributed by atoms with Crippen molar-refractivity contribution in [2.75, 3.05) is 6.61 Å². The van der Waals surface area contributed by atoms with Crippen LogP contribution in [0.5, 0.6) is 0 Å². The second kappa shape index (κ2) is 1.76. The second-order valence-corrected chi connectivity index (χ2v) is 2.16. The van der Waals surface area contributed by atoms with Crippen molar-refractivity contribution in [1.82, 2.24) is 0 Å². The monoisotopic (exact) mass is 128 g/mol. The molecule has 0 bridgehead atoms. The molecule has 0 aromatic rings. The molecule has 50 valence electrons. The first kappa shape index (κ1) is 6.13. The van der Waals surface area contributed by atoms with Crippen LogP contribution in [-0.2, 0) is 9.47 Å². The molecule has 1 rings (SSSR count). The maximum Gasteiger partial charge on any atom is 0.509 e. The second-order valence-electron chi connectivity index (χ2n) is 2.16. The van der Waals surface area contributed by atoms with Crippen LogP contribution in [0.1, 0.15) is 6.92 Å². The molecule has 1 fully saturated rings. The molecule has 1 aliphatic rings. The van der Waals surface area contributed by atoms with Gasteiger partial charge >= 0.3 is 6.16 Å². The van der Waals surface area contributed by atoms with Crippen LogP contribution in [-0.4, -0.2) is 18.4 Å². The molecule has 0 spiro atoms. The Morgan fingerprint density at radius 1 is 1.89 bits per heavy atom. The van der Waals surface area contributed by atoms with Crippen molar-refractivity contribution >= 4 is 6.16 Å². The van der Waals surface area contributed by atoms with Gasteiger partial charge in [0.1, 0.15) is 6.61 Å². The van der Waals surface area contributed by atoms with E-state index in [1.165, 1.54) is 0 Å². The summed E-state index contributed by atoms with van der Waals surface area (Å²) in [4.78, 5) is 10.3. The number of rotatable bonds is 1. The Balaban J connectivity index is 2.65. The molecule has 1 heterocycles. The van der Waals surface area contributed by atoms with E-state index in [2.05, 4.69) is 11.3 Å². The van der Waals surface area contributed by atoms with E-state index in [-0.39, 0.29) is 6.61 Å². The number of ether oxygens (including phenoxy) is 2. The fourth-order valence-electron chi connectivity index (χ4n) is 0.552. The molecule has 1 unspecified atom stereocenters. The SMILES string of the molecule is C=CC1(C)COC(=O)O1. The topological polar surface area (TPSA) is 35.5 Å². The standard InChI is InChI=1S/C6H8O3/c1-3-6(2)4-8-5(7)9-6/h3H,1,4H2,2H3. The fourth-order valence-corrected chi connectivity index (χ4v) is 0.552. The molecule has 9 heavy (non-hydrogen) atoms. The van der Waals surface area contributed by atoms with E-state index < -0.39 is 11.8 Å². The van der Waals surface area contributed by atoms with E-state index in [4.69, 9.17) is 4.74 Å². The van der Waals surface area contributed by atoms with Gasteiger partial charge in [-0.25, -0.2) is 4.79 Å². The van der Waals surface area contributed by atoms with E-state index in [0.717, 1.165) is 0 Å². The number of hydrogen-bond acceptors (Lipinski definition) is 3. The van der Waals surface area contributed by atoms with Crippen LogP contribution in [0, 0.1) is 0 Å². The zero-order valence-corrected chi connectivity index (χ0v) is 5.22. The van der Waals surface area contributed by atoms with Gasteiger partial charge in [0.25, 0.3) is 0 Å². The highest BCUT2D eigenvalue weighted by molar-refractivity contribution is 5.63. The summed E-state index contributed by atoms with van der Waals surface area (Å²) in [7, 11) is 0. The first-order valence-electron chi connectivity index (χ1n) is 2.66. The number of cyclic esters (lactones) is 2. The highest BCUT2D eigenvalue weighted by Crippen LogP contribution is 2.19. The average molecular weight is 128 g/mol. The Labute approximate surface area is 53.3 Å². The van der Waals surface area contributed by atoms with Crippen LogP contribution in [0.4, 0.5) is 4.79 Å². The number of carbonyl (C=O) groups excluding carboxylic acids is 1. The lowest BCUT2D eigenvalue weighted by Gasteiger charge is -2.11. The summed E-state index contributed by atoms with van der Waals surface area (Å²) < 4.78 is 9.25. The van der Waals surface area contributed by atoms with Crippen molar-refractivity contribution < 1.29 is 14.3 Å². The Hall–Kier alpha value is -0.990. The number of hydrogen-bond donors (Lipinski definition) is 0. The van der Waals surface area contributed by atoms with E-state index in [1.807, 2.05) is 0 Å². The van der Waals surface area contributed by atoms with Gasteiger partial charge in [-0.2, -0.15) is 0 Å². The molecule has 0 amide bonds. The highest BCUT2D eigenvalue weighted by atomic mass is 16.8. The molecular weight excluding hydrogens is 120 g/mol. The fraction of sp³-hybridized carbons (Fsp3) is 0.500. The minimum absolute atomic E-state index is 0.273. The maximum atomic E-state index is 10.3. The van der Waals surface area contributed by atoms with Crippen LogP contribution in [0.3, 0.4) is 0 Å². The summed E-state index contributed by atoms with van der Waals surface area (Å²) >= 11 is 0. The normalized spacial score (nSPS) is 33.2. The average Bonchev–Trinajstić information content (AvgIpc) is 2.13. The molecule has 1 saturated heterocycles. The van der Waals surface area contributed by atoms with Gasteiger partial charge in [0, 0.05) is 0 Å². The Morgan fingerprint density at radius 3 is 2.78 bits per heavy atom. The third-order valence-corrected chi connectivity index (χ3v) is 1.22. The Kier molecular flexibility index (Phi) is 1.20. The Bertz CT molecular complexity index is 152. The van der Waals surface area contributed by atoms with Gasteiger partial charge in [-0.3, -0.25) is 0 Å². The minimum Gasteiger partial charge on any atom is -0.430 e. The van der Waals surface area contributed by atoms with Crippen LogP contribution in [0.25, 0.3) is 0 Å². The van der Waals surface area contributed by atoms with Crippen LogP contribution < -0.4 is 0 Å². The van der Waals surface area contributed by atoms with Gasteiger partial charge in [-0.1, -0.05) is 6.58 Å². The Morgan fingerprint density at radius 2 is 2.56 bits per heavy atom. The lowest BCUT2D eigenvalue weighted by molar-refractivity contribution is 0.0993. The lowest BCUT2D eigenvalue weighted by atomic mass is 10.1. The maximum absolute atomic E-state index is 10.3. The summed E-state index contributed by atoms with van der Waals surface area (Å²) in [5.74, 6) is 0. The molecular formula is C6H8O3. The van der Waals surface area contributed by atoms with Crippen LogP contribution >= 0.6 is 0 Å². The van der Waals surface area contributed by atoms with Crippen molar-refractivity contribution in [2.24, 2.45) is 0 Å². The van der Waals surface area contributed by atoms with Crippen molar-refractivity contribution in [3.8, 4) is 0 Å². The smallest absolute Gasteiger partial charge is 0.430 e. The minimum atomic E-state index is -0.614. The molecule has 0 saturated carbocycles. The van der Waals surface area contributed by atoms with E-state index in [0.29, 0.717) is 0 Å². The summed E-state index contributed by atoms with van der Waals surface area (Å²) in [6, 6.07) is 0. The lowest BCUT2D eigenvalue weighted by Crippen LogP contribution is -2.23. The zero-order chi connectivity index (χ0) is 6.91. The van der Waals surface area contributed by atoms with Crippen molar-refractivity contribution in [3.05, 3.63) is 12.7 Å². The predicted molar refractivity (Wildman–Crippen MR) is 31.0 cm³/mol. The largest absolute Gasteiger partial charge is 0.509 e. The first-order valence-corrected chi connectivity index (χ1v) is 2.66.